The maximum atomic E-state index is 12.8. The third-order valence-electron chi connectivity index (χ3n) is 2.94. The fraction of sp³-hybridized carbons (Fsp3) is 0.385. The number of hydrogen-bond donors (Lipinski definition) is 1. The number of rotatable bonds is 6. The van der Waals surface area contributed by atoms with Crippen LogP contribution >= 0.6 is 22.7 Å². The van der Waals surface area contributed by atoms with Gasteiger partial charge in [-0.05, 0) is 36.7 Å². The van der Waals surface area contributed by atoms with Crippen molar-refractivity contribution in [1.82, 2.24) is 4.31 Å². The minimum absolute atomic E-state index is 0.104. The van der Waals surface area contributed by atoms with Crippen LogP contribution < -0.4 is 5.73 Å². The van der Waals surface area contributed by atoms with Crippen molar-refractivity contribution in [1.29, 1.82) is 0 Å². The molecule has 4 nitrogen and oxygen atoms in total. The van der Waals surface area contributed by atoms with Gasteiger partial charge < -0.3 is 5.73 Å². The van der Waals surface area contributed by atoms with Gasteiger partial charge in [-0.25, -0.2) is 8.42 Å². The van der Waals surface area contributed by atoms with Gasteiger partial charge in [0.15, 0.2) is 0 Å². The lowest BCUT2D eigenvalue weighted by atomic mass is 10.4. The summed E-state index contributed by atoms with van der Waals surface area (Å²) in [6.07, 6.45) is 0. The van der Waals surface area contributed by atoms with Gasteiger partial charge in [-0.15, -0.1) is 22.7 Å². The van der Waals surface area contributed by atoms with E-state index in [4.69, 9.17) is 5.73 Å². The largest absolute Gasteiger partial charge is 0.326 e. The number of nitrogens with two attached hydrogens (primary N) is 1. The summed E-state index contributed by atoms with van der Waals surface area (Å²) in [7, 11) is -3.51. The monoisotopic (exact) mass is 330 g/mol. The first-order valence-corrected chi connectivity index (χ1v) is 9.47. The van der Waals surface area contributed by atoms with Gasteiger partial charge in [0.2, 0.25) is 10.0 Å². The molecule has 0 spiro atoms. The molecule has 0 radical (unpaired) electrons. The van der Waals surface area contributed by atoms with Crippen molar-refractivity contribution in [3.8, 4) is 0 Å². The molecule has 0 fully saturated rings. The summed E-state index contributed by atoms with van der Waals surface area (Å²) in [6, 6.07) is 5.42. The lowest BCUT2D eigenvalue weighted by Gasteiger charge is -2.25. The number of sulfonamides is 1. The highest BCUT2D eigenvalue weighted by atomic mass is 32.2. The van der Waals surface area contributed by atoms with E-state index in [-0.39, 0.29) is 12.6 Å². The van der Waals surface area contributed by atoms with Crippen molar-refractivity contribution in [3.63, 3.8) is 0 Å². The van der Waals surface area contributed by atoms with Gasteiger partial charge in [0.1, 0.15) is 0 Å². The van der Waals surface area contributed by atoms with Crippen LogP contribution in [-0.2, 0) is 23.1 Å². The summed E-state index contributed by atoms with van der Waals surface area (Å²) in [5, 5.41) is 3.73. The Morgan fingerprint density at radius 2 is 2.00 bits per heavy atom. The summed E-state index contributed by atoms with van der Waals surface area (Å²) in [4.78, 5) is 2.09. The second kappa shape index (κ2) is 6.36. The zero-order chi connectivity index (χ0) is 14.8. The Morgan fingerprint density at radius 1 is 1.25 bits per heavy atom. The standard InChI is InChI=1S/C13H18N2O2S3/c1-10(2)15(9-11-4-3-6-18-11)20(16,17)13-5-7-19-12(13)8-14/h3-7,10H,8-9,14H2,1-2H3. The van der Waals surface area contributed by atoms with Crippen LogP contribution in [0, 0.1) is 0 Å². The molecule has 0 saturated heterocycles. The van der Waals surface area contributed by atoms with Gasteiger partial charge in [-0.2, -0.15) is 4.31 Å². The van der Waals surface area contributed by atoms with Gasteiger partial charge in [-0.1, -0.05) is 6.07 Å². The smallest absolute Gasteiger partial charge is 0.244 e. The van der Waals surface area contributed by atoms with Gasteiger partial charge in [0.25, 0.3) is 0 Å². The van der Waals surface area contributed by atoms with Crippen molar-refractivity contribution in [2.45, 2.75) is 37.9 Å². The highest BCUT2D eigenvalue weighted by Gasteiger charge is 2.29. The molecule has 2 aromatic rings. The first-order chi connectivity index (χ1) is 9.46. The molecule has 110 valence electrons. The average Bonchev–Trinajstić information content (AvgIpc) is 3.06. The van der Waals surface area contributed by atoms with E-state index in [9.17, 15) is 8.42 Å². The van der Waals surface area contributed by atoms with Crippen molar-refractivity contribution in [2.75, 3.05) is 0 Å². The zero-order valence-electron chi connectivity index (χ0n) is 11.4. The van der Waals surface area contributed by atoms with Gasteiger partial charge in [-0.3, -0.25) is 0 Å². The summed E-state index contributed by atoms with van der Waals surface area (Å²) in [6.45, 7) is 4.42. The maximum Gasteiger partial charge on any atom is 0.244 e. The van der Waals surface area contributed by atoms with Crippen molar-refractivity contribution in [2.24, 2.45) is 5.73 Å². The van der Waals surface area contributed by atoms with E-state index >= 15 is 0 Å². The van der Waals surface area contributed by atoms with E-state index < -0.39 is 10.0 Å². The van der Waals surface area contributed by atoms with Crippen LogP contribution in [0.25, 0.3) is 0 Å². The van der Waals surface area contributed by atoms with Crippen LogP contribution in [0.1, 0.15) is 23.6 Å². The van der Waals surface area contributed by atoms with Crippen LogP contribution in [0.4, 0.5) is 0 Å². The molecule has 0 unspecified atom stereocenters. The average molecular weight is 331 g/mol. The molecule has 2 N–H and O–H groups in total. The van der Waals surface area contributed by atoms with E-state index in [2.05, 4.69) is 0 Å². The highest BCUT2D eigenvalue weighted by molar-refractivity contribution is 7.89. The number of thiophene rings is 2. The normalized spacial score (nSPS) is 12.4. The van der Waals surface area contributed by atoms with Gasteiger partial charge >= 0.3 is 0 Å². The SMILES string of the molecule is CC(C)N(Cc1cccs1)S(=O)(=O)c1ccsc1CN. The molecule has 0 atom stereocenters. The lowest BCUT2D eigenvalue weighted by molar-refractivity contribution is 0.350. The third kappa shape index (κ3) is 3.12. The molecule has 2 heterocycles. The Kier molecular flexibility index (Phi) is 4.98. The Bertz CT molecular complexity index is 645. The minimum Gasteiger partial charge on any atom is -0.326 e. The van der Waals surface area contributed by atoms with E-state index in [1.54, 1.807) is 22.8 Å². The van der Waals surface area contributed by atoms with Crippen molar-refractivity contribution < 1.29 is 8.42 Å². The molecular weight excluding hydrogens is 312 g/mol. The maximum absolute atomic E-state index is 12.8. The fourth-order valence-corrected chi connectivity index (χ4v) is 5.64. The molecule has 0 aromatic carbocycles. The number of hydrogen-bond acceptors (Lipinski definition) is 5. The highest BCUT2D eigenvalue weighted by Crippen LogP contribution is 2.28. The minimum atomic E-state index is -3.51. The second-order valence-corrected chi connectivity index (χ2v) is 8.53. The predicted molar refractivity (Wildman–Crippen MR) is 84.4 cm³/mol. The zero-order valence-corrected chi connectivity index (χ0v) is 13.9. The number of nitrogens with zero attached hydrogens (tertiary/aromatic N) is 1. The first kappa shape index (κ1) is 15.7. The predicted octanol–water partition coefficient (Wildman–Crippen LogP) is 2.87. The van der Waals surface area contributed by atoms with E-state index in [1.165, 1.54) is 15.6 Å². The fourth-order valence-electron chi connectivity index (χ4n) is 1.94. The van der Waals surface area contributed by atoms with E-state index in [1.807, 2.05) is 31.4 Å². The molecule has 2 rings (SSSR count). The van der Waals surface area contributed by atoms with E-state index in [0.717, 1.165) is 4.88 Å². The van der Waals surface area contributed by atoms with Gasteiger partial charge in [0, 0.05) is 28.9 Å². The molecule has 0 amide bonds. The van der Waals surface area contributed by atoms with Crippen molar-refractivity contribution in [3.05, 3.63) is 38.7 Å². The third-order valence-corrected chi connectivity index (χ3v) is 6.98. The molecule has 0 saturated carbocycles. The summed E-state index contributed by atoms with van der Waals surface area (Å²) >= 11 is 2.95. The lowest BCUT2D eigenvalue weighted by Crippen LogP contribution is -2.36. The summed E-state index contributed by atoms with van der Waals surface area (Å²) in [5.74, 6) is 0. The molecule has 20 heavy (non-hydrogen) atoms. The molecule has 0 bridgehead atoms. The molecule has 2 aromatic heterocycles. The molecule has 0 aliphatic carbocycles. The van der Waals surface area contributed by atoms with Crippen LogP contribution in [-0.4, -0.2) is 18.8 Å². The molecule has 0 aliphatic rings. The summed E-state index contributed by atoms with van der Waals surface area (Å²) < 4.78 is 27.2. The quantitative estimate of drug-likeness (QED) is 0.886. The molecule has 7 heteroatoms. The molecular formula is C13H18N2O2S3. The van der Waals surface area contributed by atoms with Crippen LogP contribution in [0.15, 0.2) is 33.9 Å². The van der Waals surface area contributed by atoms with Crippen LogP contribution in [0.5, 0.6) is 0 Å². The first-order valence-electron chi connectivity index (χ1n) is 6.27. The topological polar surface area (TPSA) is 63.4 Å². The van der Waals surface area contributed by atoms with Crippen LogP contribution in [0.2, 0.25) is 0 Å². The van der Waals surface area contributed by atoms with E-state index in [0.29, 0.717) is 16.3 Å². The Hall–Kier alpha value is -0.730. The Morgan fingerprint density at radius 3 is 2.55 bits per heavy atom. The summed E-state index contributed by atoms with van der Waals surface area (Å²) in [5.41, 5.74) is 5.63. The van der Waals surface area contributed by atoms with Crippen LogP contribution in [0.3, 0.4) is 0 Å². The van der Waals surface area contributed by atoms with Gasteiger partial charge in [0.05, 0.1) is 4.90 Å². The Labute approximate surface area is 127 Å². The van der Waals surface area contributed by atoms with Crippen molar-refractivity contribution >= 4 is 32.7 Å². The second-order valence-electron chi connectivity index (χ2n) is 4.64. The molecule has 0 aliphatic heterocycles. The Balaban J connectivity index is 2.37.